The van der Waals surface area contributed by atoms with Crippen LogP contribution >= 0.6 is 0 Å². The van der Waals surface area contributed by atoms with Crippen molar-refractivity contribution < 1.29 is 14.7 Å². The van der Waals surface area contributed by atoms with Crippen LogP contribution in [0.2, 0.25) is 0 Å². The Balaban J connectivity index is 1.57. The van der Waals surface area contributed by atoms with E-state index < -0.39 is 5.97 Å². The standard InChI is InChI=1S/C18H33N3O3/c1-20(14-18(23)24)16-8-11-21(12-9-16)13-17(22)19-10-7-15-5-3-2-4-6-15/h15-16H,2-14H2,1H3,(H,19,22)(H,23,24). The third kappa shape index (κ3) is 6.77. The molecule has 0 spiro atoms. The second kappa shape index (κ2) is 9.99. The highest BCUT2D eigenvalue weighted by Crippen LogP contribution is 2.25. The van der Waals surface area contributed by atoms with E-state index in [0.29, 0.717) is 12.6 Å². The normalized spacial score (nSPS) is 21.1. The number of nitrogens with one attached hydrogen (secondary N) is 1. The molecule has 2 aliphatic rings. The van der Waals surface area contributed by atoms with Crippen molar-refractivity contribution >= 4 is 11.9 Å². The Hall–Kier alpha value is -1.14. The van der Waals surface area contributed by atoms with Crippen molar-refractivity contribution in [3.8, 4) is 0 Å². The molecule has 1 amide bonds. The lowest BCUT2D eigenvalue weighted by molar-refractivity contribution is -0.138. The zero-order valence-corrected chi connectivity index (χ0v) is 15.0. The summed E-state index contributed by atoms with van der Waals surface area (Å²) >= 11 is 0. The van der Waals surface area contributed by atoms with Gasteiger partial charge in [-0.2, -0.15) is 0 Å². The third-order valence-electron chi connectivity index (χ3n) is 5.53. The van der Waals surface area contributed by atoms with Gasteiger partial charge in [0.1, 0.15) is 0 Å². The lowest BCUT2D eigenvalue weighted by atomic mass is 9.87. The summed E-state index contributed by atoms with van der Waals surface area (Å²) in [6.07, 6.45) is 9.71. The van der Waals surface area contributed by atoms with E-state index in [1.54, 1.807) is 0 Å². The van der Waals surface area contributed by atoms with E-state index in [4.69, 9.17) is 5.11 Å². The van der Waals surface area contributed by atoms with Crippen LogP contribution in [-0.4, -0.2) is 72.6 Å². The predicted molar refractivity (Wildman–Crippen MR) is 93.9 cm³/mol. The van der Waals surface area contributed by atoms with Gasteiger partial charge < -0.3 is 10.4 Å². The van der Waals surface area contributed by atoms with Crippen LogP contribution in [0, 0.1) is 5.92 Å². The van der Waals surface area contributed by atoms with Crippen LogP contribution in [0.4, 0.5) is 0 Å². The minimum absolute atomic E-state index is 0.0896. The highest BCUT2D eigenvalue weighted by molar-refractivity contribution is 5.78. The minimum atomic E-state index is -0.780. The average molecular weight is 339 g/mol. The predicted octanol–water partition coefficient (Wildman–Crippen LogP) is 1.55. The monoisotopic (exact) mass is 339 g/mol. The molecule has 1 saturated heterocycles. The number of aliphatic carboxylic acids is 1. The first-order valence-corrected chi connectivity index (χ1v) is 9.45. The Morgan fingerprint density at radius 3 is 2.42 bits per heavy atom. The Morgan fingerprint density at radius 1 is 1.12 bits per heavy atom. The van der Waals surface area contributed by atoms with E-state index in [-0.39, 0.29) is 12.5 Å². The second-order valence-electron chi connectivity index (χ2n) is 7.46. The lowest BCUT2D eigenvalue weighted by Gasteiger charge is -2.35. The molecule has 0 aromatic heterocycles. The molecule has 138 valence electrons. The molecule has 1 aliphatic carbocycles. The smallest absolute Gasteiger partial charge is 0.317 e. The topological polar surface area (TPSA) is 72.9 Å². The number of carboxylic acids is 1. The fraction of sp³-hybridized carbons (Fsp3) is 0.889. The maximum Gasteiger partial charge on any atom is 0.317 e. The number of likely N-dealkylation sites (tertiary alicyclic amines) is 1. The molecule has 0 unspecified atom stereocenters. The van der Waals surface area contributed by atoms with Gasteiger partial charge in [-0.3, -0.25) is 19.4 Å². The first-order chi connectivity index (χ1) is 11.5. The van der Waals surface area contributed by atoms with Crippen LogP contribution in [0.15, 0.2) is 0 Å². The molecule has 0 aromatic rings. The molecular weight excluding hydrogens is 306 g/mol. The van der Waals surface area contributed by atoms with Crippen molar-refractivity contribution in [2.75, 3.05) is 39.8 Å². The maximum absolute atomic E-state index is 12.1. The van der Waals surface area contributed by atoms with Crippen LogP contribution in [-0.2, 0) is 9.59 Å². The average Bonchev–Trinajstić information content (AvgIpc) is 2.56. The number of piperidine rings is 1. The van der Waals surface area contributed by atoms with Gasteiger partial charge in [0.05, 0.1) is 13.1 Å². The summed E-state index contributed by atoms with van der Waals surface area (Å²) in [6, 6.07) is 0.312. The lowest BCUT2D eigenvalue weighted by Crippen LogP contribution is -2.47. The van der Waals surface area contributed by atoms with Crippen LogP contribution < -0.4 is 5.32 Å². The van der Waals surface area contributed by atoms with Crippen LogP contribution in [0.25, 0.3) is 0 Å². The summed E-state index contributed by atoms with van der Waals surface area (Å²) in [5.41, 5.74) is 0. The number of rotatable bonds is 8. The van der Waals surface area contributed by atoms with E-state index in [2.05, 4.69) is 10.2 Å². The van der Waals surface area contributed by atoms with Gasteiger partial charge >= 0.3 is 5.97 Å². The van der Waals surface area contributed by atoms with Gasteiger partial charge in [-0.1, -0.05) is 32.1 Å². The molecule has 6 heteroatoms. The summed E-state index contributed by atoms with van der Waals surface area (Å²) in [6.45, 7) is 3.10. The van der Waals surface area contributed by atoms with E-state index >= 15 is 0 Å². The number of amides is 1. The molecule has 0 radical (unpaired) electrons. The fourth-order valence-corrected chi connectivity index (χ4v) is 4.01. The van der Waals surface area contributed by atoms with Crippen LogP contribution in [0.1, 0.15) is 51.4 Å². The minimum Gasteiger partial charge on any atom is -0.480 e. The van der Waals surface area contributed by atoms with Gasteiger partial charge in [0, 0.05) is 25.7 Å². The van der Waals surface area contributed by atoms with Crippen molar-refractivity contribution in [1.29, 1.82) is 0 Å². The molecule has 1 aliphatic heterocycles. The SMILES string of the molecule is CN(CC(=O)O)C1CCN(CC(=O)NCCC2CCCCC2)CC1. The molecule has 0 atom stereocenters. The highest BCUT2D eigenvalue weighted by Gasteiger charge is 2.24. The Morgan fingerprint density at radius 2 is 1.79 bits per heavy atom. The fourth-order valence-electron chi connectivity index (χ4n) is 4.01. The molecule has 1 heterocycles. The van der Waals surface area contributed by atoms with Crippen molar-refractivity contribution in [2.45, 2.75) is 57.4 Å². The summed E-state index contributed by atoms with van der Waals surface area (Å²) in [5.74, 6) is 0.153. The number of carbonyl (C=O) groups excluding carboxylic acids is 1. The molecule has 2 rings (SSSR count). The third-order valence-corrected chi connectivity index (χ3v) is 5.53. The van der Waals surface area contributed by atoms with Crippen molar-refractivity contribution in [2.24, 2.45) is 5.92 Å². The van der Waals surface area contributed by atoms with Gasteiger partial charge in [0.25, 0.3) is 0 Å². The zero-order chi connectivity index (χ0) is 17.4. The van der Waals surface area contributed by atoms with Gasteiger partial charge in [-0.15, -0.1) is 0 Å². The molecule has 6 nitrogen and oxygen atoms in total. The van der Waals surface area contributed by atoms with Gasteiger partial charge in [0.2, 0.25) is 5.91 Å². The Bertz CT molecular complexity index is 402. The molecule has 1 saturated carbocycles. The van der Waals surface area contributed by atoms with Gasteiger partial charge in [-0.25, -0.2) is 0 Å². The van der Waals surface area contributed by atoms with Crippen LogP contribution in [0.3, 0.4) is 0 Å². The number of carboxylic acid groups (broad SMARTS) is 1. The van der Waals surface area contributed by atoms with Crippen LogP contribution in [0.5, 0.6) is 0 Å². The van der Waals surface area contributed by atoms with Gasteiger partial charge in [0.15, 0.2) is 0 Å². The summed E-state index contributed by atoms with van der Waals surface area (Å²) in [5, 5.41) is 11.9. The summed E-state index contributed by atoms with van der Waals surface area (Å²) < 4.78 is 0. The molecule has 0 bridgehead atoms. The maximum atomic E-state index is 12.1. The number of hydrogen-bond acceptors (Lipinski definition) is 4. The van der Waals surface area contributed by atoms with E-state index in [1.807, 2.05) is 11.9 Å². The zero-order valence-electron chi connectivity index (χ0n) is 15.0. The van der Waals surface area contributed by atoms with E-state index in [0.717, 1.165) is 44.8 Å². The molecule has 0 aromatic carbocycles. The van der Waals surface area contributed by atoms with E-state index in [1.165, 1.54) is 32.1 Å². The first kappa shape index (κ1) is 19.2. The van der Waals surface area contributed by atoms with Gasteiger partial charge in [-0.05, 0) is 32.2 Å². The number of nitrogens with zero attached hydrogens (tertiary/aromatic N) is 2. The molecular formula is C18H33N3O3. The summed E-state index contributed by atoms with van der Waals surface area (Å²) in [7, 11) is 1.87. The first-order valence-electron chi connectivity index (χ1n) is 9.45. The molecule has 24 heavy (non-hydrogen) atoms. The number of likely N-dealkylation sites (N-methyl/N-ethyl adjacent to an activating group) is 1. The number of hydrogen-bond donors (Lipinski definition) is 2. The highest BCUT2D eigenvalue weighted by atomic mass is 16.4. The Kier molecular flexibility index (Phi) is 7.99. The summed E-state index contributed by atoms with van der Waals surface area (Å²) in [4.78, 5) is 26.9. The van der Waals surface area contributed by atoms with Crippen molar-refractivity contribution in [1.82, 2.24) is 15.1 Å². The number of carbonyl (C=O) groups is 2. The van der Waals surface area contributed by atoms with Crippen molar-refractivity contribution in [3.05, 3.63) is 0 Å². The Labute approximate surface area is 145 Å². The molecule has 2 N–H and O–H groups in total. The largest absolute Gasteiger partial charge is 0.480 e. The second-order valence-corrected chi connectivity index (χ2v) is 7.46. The van der Waals surface area contributed by atoms with E-state index in [9.17, 15) is 9.59 Å². The van der Waals surface area contributed by atoms with Crippen molar-refractivity contribution in [3.63, 3.8) is 0 Å². The quantitative estimate of drug-likeness (QED) is 0.702. The molecule has 2 fully saturated rings.